The fourth-order valence-electron chi connectivity index (χ4n) is 1.73. The lowest BCUT2D eigenvalue weighted by Gasteiger charge is -2.13. The second-order valence-electron chi connectivity index (χ2n) is 4.16. The molecule has 0 unspecified atom stereocenters. The molecule has 8 heteroatoms. The number of nitrogens with two attached hydrogens (primary N) is 1. The van der Waals surface area contributed by atoms with Gasteiger partial charge < -0.3 is 5.73 Å². The first-order valence-corrected chi connectivity index (χ1v) is 8.04. The second-order valence-corrected chi connectivity index (χ2v) is 6.62. The Balaban J connectivity index is 2.51. The van der Waals surface area contributed by atoms with E-state index >= 15 is 0 Å². The number of sulfonamides is 1. The van der Waals surface area contributed by atoms with E-state index in [9.17, 15) is 12.8 Å². The van der Waals surface area contributed by atoms with Gasteiger partial charge in [0.05, 0.1) is 20.6 Å². The fraction of sp³-hybridized carbons (Fsp3) is 0.0769. The van der Waals surface area contributed by atoms with E-state index in [4.69, 9.17) is 28.9 Å². The first kappa shape index (κ1) is 16.0. The molecule has 2 rings (SSSR count). The van der Waals surface area contributed by atoms with Crippen LogP contribution in [0.2, 0.25) is 10.0 Å². The van der Waals surface area contributed by atoms with Crippen LogP contribution in [0.3, 0.4) is 0 Å². The van der Waals surface area contributed by atoms with Crippen molar-refractivity contribution >= 4 is 38.9 Å². The summed E-state index contributed by atoms with van der Waals surface area (Å²) in [6.07, 6.45) is 0. The first-order valence-electron chi connectivity index (χ1n) is 5.80. The molecule has 0 aliphatic rings. The Bertz CT molecular complexity index is 761. The van der Waals surface area contributed by atoms with E-state index in [2.05, 4.69) is 4.72 Å². The molecule has 0 atom stereocenters. The van der Waals surface area contributed by atoms with Gasteiger partial charge >= 0.3 is 0 Å². The largest absolute Gasteiger partial charge is 0.326 e. The summed E-state index contributed by atoms with van der Waals surface area (Å²) in [6.45, 7) is -0.0488. The first-order chi connectivity index (χ1) is 9.85. The van der Waals surface area contributed by atoms with Crippen molar-refractivity contribution in [3.63, 3.8) is 0 Å². The van der Waals surface area contributed by atoms with Crippen LogP contribution in [0.4, 0.5) is 10.1 Å². The van der Waals surface area contributed by atoms with Crippen LogP contribution >= 0.6 is 23.2 Å². The van der Waals surface area contributed by atoms with Gasteiger partial charge in [-0.15, -0.1) is 0 Å². The summed E-state index contributed by atoms with van der Waals surface area (Å²) in [5.41, 5.74) is 5.80. The topological polar surface area (TPSA) is 72.2 Å². The van der Waals surface area contributed by atoms with Crippen LogP contribution in [0.1, 0.15) is 5.56 Å². The van der Waals surface area contributed by atoms with Gasteiger partial charge in [-0.25, -0.2) is 12.8 Å². The number of nitrogens with one attached hydrogen (secondary N) is 1. The molecular formula is C13H11Cl2FN2O2S. The van der Waals surface area contributed by atoms with Gasteiger partial charge in [0.1, 0.15) is 5.82 Å². The van der Waals surface area contributed by atoms with E-state index in [1.165, 1.54) is 18.2 Å². The third kappa shape index (κ3) is 3.47. The Labute approximate surface area is 131 Å². The van der Waals surface area contributed by atoms with E-state index < -0.39 is 15.8 Å². The van der Waals surface area contributed by atoms with Gasteiger partial charge in [-0.2, -0.15) is 0 Å². The summed E-state index contributed by atoms with van der Waals surface area (Å²) in [7, 11) is -4.06. The van der Waals surface area contributed by atoms with Crippen molar-refractivity contribution in [2.24, 2.45) is 5.73 Å². The van der Waals surface area contributed by atoms with Crippen LogP contribution in [0.15, 0.2) is 41.3 Å². The minimum atomic E-state index is -4.06. The number of rotatable bonds is 4. The van der Waals surface area contributed by atoms with E-state index in [0.29, 0.717) is 0 Å². The van der Waals surface area contributed by atoms with Gasteiger partial charge in [0, 0.05) is 6.54 Å². The minimum absolute atomic E-state index is 0.0352. The molecule has 0 heterocycles. The highest BCUT2D eigenvalue weighted by molar-refractivity contribution is 7.92. The predicted octanol–water partition coefficient (Wildman–Crippen LogP) is 3.39. The summed E-state index contributed by atoms with van der Waals surface area (Å²) in [6, 6.07) is 7.91. The maximum absolute atomic E-state index is 13.3. The summed E-state index contributed by atoms with van der Waals surface area (Å²) in [5, 5.41) is 0.272. The molecule has 0 bridgehead atoms. The second kappa shape index (κ2) is 6.19. The van der Waals surface area contributed by atoms with Crippen LogP contribution < -0.4 is 10.5 Å². The third-order valence-electron chi connectivity index (χ3n) is 2.74. The number of halogens is 3. The van der Waals surface area contributed by atoms with Crippen LogP contribution in [0.5, 0.6) is 0 Å². The summed E-state index contributed by atoms with van der Waals surface area (Å²) in [4.78, 5) is -0.249. The molecule has 0 aliphatic heterocycles. The van der Waals surface area contributed by atoms with Gasteiger partial charge in [0.15, 0.2) is 0 Å². The highest BCUT2D eigenvalue weighted by Gasteiger charge is 2.21. The molecule has 0 fully saturated rings. The molecule has 0 saturated heterocycles. The summed E-state index contributed by atoms with van der Waals surface area (Å²) in [5.74, 6) is -0.683. The normalized spacial score (nSPS) is 11.4. The Kier molecular flexibility index (Phi) is 4.73. The van der Waals surface area contributed by atoms with E-state index in [-0.39, 0.29) is 32.7 Å². The van der Waals surface area contributed by atoms with Gasteiger partial charge in [-0.1, -0.05) is 35.3 Å². The zero-order valence-corrected chi connectivity index (χ0v) is 12.9. The molecular weight excluding hydrogens is 338 g/mol. The lowest BCUT2D eigenvalue weighted by molar-refractivity contribution is 0.593. The van der Waals surface area contributed by atoms with E-state index in [1.807, 2.05) is 0 Å². The molecule has 3 N–H and O–H groups in total. The number of anilines is 1. The van der Waals surface area contributed by atoms with Crippen molar-refractivity contribution in [1.29, 1.82) is 0 Å². The van der Waals surface area contributed by atoms with Gasteiger partial charge in [0.25, 0.3) is 10.0 Å². The average Bonchev–Trinajstić information content (AvgIpc) is 2.43. The Morgan fingerprint density at radius 1 is 1.14 bits per heavy atom. The van der Waals surface area contributed by atoms with Crippen molar-refractivity contribution < 1.29 is 12.8 Å². The molecule has 2 aromatic carbocycles. The molecule has 0 amide bonds. The number of hydrogen-bond donors (Lipinski definition) is 2. The molecule has 112 valence electrons. The van der Waals surface area contributed by atoms with Gasteiger partial charge in [-0.05, 0) is 29.8 Å². The zero-order valence-electron chi connectivity index (χ0n) is 10.6. The van der Waals surface area contributed by atoms with Gasteiger partial charge in [0.2, 0.25) is 0 Å². The number of para-hydroxylation sites is 1. The molecule has 0 spiro atoms. The molecule has 4 nitrogen and oxygen atoms in total. The van der Waals surface area contributed by atoms with Crippen molar-refractivity contribution in [2.45, 2.75) is 11.4 Å². The molecule has 0 aliphatic carbocycles. The smallest absolute Gasteiger partial charge is 0.262 e. The van der Waals surface area contributed by atoms with Crippen LogP contribution in [0, 0.1) is 5.82 Å². The summed E-state index contributed by atoms with van der Waals surface area (Å²) < 4.78 is 40.4. The van der Waals surface area contributed by atoms with Crippen LogP contribution in [-0.4, -0.2) is 8.42 Å². The number of benzene rings is 2. The molecule has 2 aromatic rings. The van der Waals surface area contributed by atoms with Gasteiger partial charge in [-0.3, -0.25) is 4.72 Å². The lowest BCUT2D eigenvalue weighted by Crippen LogP contribution is -2.17. The summed E-state index contributed by atoms with van der Waals surface area (Å²) >= 11 is 11.8. The minimum Gasteiger partial charge on any atom is -0.326 e. The lowest BCUT2D eigenvalue weighted by atomic mass is 10.2. The van der Waals surface area contributed by atoms with Crippen LogP contribution in [-0.2, 0) is 16.6 Å². The predicted molar refractivity (Wildman–Crippen MR) is 81.6 cm³/mol. The van der Waals surface area contributed by atoms with E-state index in [1.54, 1.807) is 6.07 Å². The van der Waals surface area contributed by atoms with Crippen molar-refractivity contribution in [1.82, 2.24) is 0 Å². The highest BCUT2D eigenvalue weighted by Crippen LogP contribution is 2.32. The Hall–Kier alpha value is -1.34. The zero-order chi connectivity index (χ0) is 15.6. The molecule has 21 heavy (non-hydrogen) atoms. The van der Waals surface area contributed by atoms with Crippen LogP contribution in [0.25, 0.3) is 0 Å². The maximum atomic E-state index is 13.3. The highest BCUT2D eigenvalue weighted by atomic mass is 35.5. The van der Waals surface area contributed by atoms with Crippen molar-refractivity contribution in [3.05, 3.63) is 57.8 Å². The fourth-order valence-corrected chi connectivity index (χ4v) is 3.70. The van der Waals surface area contributed by atoms with Crippen molar-refractivity contribution in [3.8, 4) is 0 Å². The SMILES string of the molecule is NCc1ccc(F)cc1S(=O)(=O)Nc1c(Cl)cccc1Cl. The molecule has 0 saturated carbocycles. The molecule has 0 aromatic heterocycles. The Morgan fingerprint density at radius 3 is 2.33 bits per heavy atom. The van der Waals surface area contributed by atoms with Crippen molar-refractivity contribution in [2.75, 3.05) is 4.72 Å². The molecule has 0 radical (unpaired) electrons. The third-order valence-corrected chi connectivity index (χ3v) is 4.80. The van der Waals surface area contributed by atoms with E-state index in [0.717, 1.165) is 12.1 Å². The quantitative estimate of drug-likeness (QED) is 0.889. The Morgan fingerprint density at radius 2 is 1.76 bits per heavy atom. The monoisotopic (exact) mass is 348 g/mol. The standard InChI is InChI=1S/C13H11Cl2FN2O2S/c14-10-2-1-3-11(15)13(10)18-21(19,20)12-6-9(16)5-4-8(12)7-17/h1-6,18H,7,17H2. The number of hydrogen-bond acceptors (Lipinski definition) is 3. The average molecular weight is 349 g/mol. The maximum Gasteiger partial charge on any atom is 0.262 e.